The zero-order chi connectivity index (χ0) is 13.8. The molecule has 1 N–H and O–H groups in total. The minimum Gasteiger partial charge on any atom is -0.313 e. The molecule has 1 unspecified atom stereocenters. The summed E-state index contributed by atoms with van der Waals surface area (Å²) < 4.78 is 2.85. The topological polar surface area (TPSA) is 29.9 Å². The van der Waals surface area contributed by atoms with E-state index in [1.807, 2.05) is 37.1 Å². The summed E-state index contributed by atoms with van der Waals surface area (Å²) in [6.45, 7) is 0. The van der Waals surface area contributed by atoms with Gasteiger partial charge in [-0.1, -0.05) is 17.7 Å². The van der Waals surface area contributed by atoms with E-state index in [4.69, 9.17) is 11.6 Å². The van der Waals surface area contributed by atoms with Gasteiger partial charge in [-0.05, 0) is 59.6 Å². The van der Waals surface area contributed by atoms with Crippen LogP contribution in [0.3, 0.4) is 0 Å². The van der Waals surface area contributed by atoms with Gasteiger partial charge in [0.1, 0.15) is 0 Å². The van der Waals surface area contributed by atoms with E-state index in [1.54, 1.807) is 0 Å². The highest BCUT2D eigenvalue weighted by molar-refractivity contribution is 9.10. The standard InChI is InChI=1S/C14H17BrClN3/c1-17-14(6-4-11-7-8-18-19(11)2)10-3-5-12(15)13(16)9-10/h3,5,7-9,14,17H,4,6H2,1-2H3. The average molecular weight is 343 g/mol. The Kier molecular flexibility index (Phi) is 5.02. The third kappa shape index (κ3) is 3.59. The van der Waals surface area contributed by atoms with Crippen molar-refractivity contribution < 1.29 is 0 Å². The van der Waals surface area contributed by atoms with Crippen LogP contribution in [-0.2, 0) is 13.5 Å². The summed E-state index contributed by atoms with van der Waals surface area (Å²) in [5.74, 6) is 0. The van der Waals surface area contributed by atoms with Gasteiger partial charge in [0.15, 0.2) is 0 Å². The summed E-state index contributed by atoms with van der Waals surface area (Å²) in [7, 11) is 3.95. The SMILES string of the molecule is CNC(CCc1ccnn1C)c1ccc(Br)c(Cl)c1. The monoisotopic (exact) mass is 341 g/mol. The number of rotatable bonds is 5. The van der Waals surface area contributed by atoms with Gasteiger partial charge < -0.3 is 5.32 Å². The lowest BCUT2D eigenvalue weighted by Crippen LogP contribution is -2.17. The Labute approximate surface area is 127 Å². The number of aromatic nitrogens is 2. The quantitative estimate of drug-likeness (QED) is 0.897. The molecule has 102 valence electrons. The lowest BCUT2D eigenvalue weighted by atomic mass is 10.0. The van der Waals surface area contributed by atoms with Crippen LogP contribution in [0.2, 0.25) is 5.02 Å². The molecule has 5 heteroatoms. The third-order valence-electron chi connectivity index (χ3n) is 3.31. The van der Waals surface area contributed by atoms with Gasteiger partial charge in [-0.25, -0.2) is 0 Å². The first-order valence-corrected chi connectivity index (χ1v) is 7.38. The zero-order valence-corrected chi connectivity index (χ0v) is 13.4. The molecule has 0 amide bonds. The molecule has 0 spiro atoms. The van der Waals surface area contributed by atoms with Crippen LogP contribution in [-0.4, -0.2) is 16.8 Å². The van der Waals surface area contributed by atoms with Crippen molar-refractivity contribution in [3.05, 3.63) is 51.2 Å². The molecule has 0 fully saturated rings. The van der Waals surface area contributed by atoms with Crippen LogP contribution >= 0.6 is 27.5 Å². The van der Waals surface area contributed by atoms with Crippen molar-refractivity contribution in [3.63, 3.8) is 0 Å². The molecule has 1 atom stereocenters. The highest BCUT2D eigenvalue weighted by Crippen LogP contribution is 2.27. The van der Waals surface area contributed by atoms with Gasteiger partial charge in [0.05, 0.1) is 5.02 Å². The van der Waals surface area contributed by atoms with Gasteiger partial charge >= 0.3 is 0 Å². The molecule has 0 saturated heterocycles. The number of aryl methyl sites for hydroxylation is 2. The number of nitrogens with one attached hydrogen (secondary N) is 1. The fraction of sp³-hybridized carbons (Fsp3) is 0.357. The van der Waals surface area contributed by atoms with Crippen LogP contribution in [0, 0.1) is 0 Å². The van der Waals surface area contributed by atoms with Crippen LogP contribution in [0.25, 0.3) is 0 Å². The molecule has 0 aliphatic heterocycles. The van der Waals surface area contributed by atoms with Crippen molar-refractivity contribution in [3.8, 4) is 0 Å². The smallest absolute Gasteiger partial charge is 0.0551 e. The van der Waals surface area contributed by atoms with Gasteiger partial charge in [-0.15, -0.1) is 0 Å². The second-order valence-corrected chi connectivity index (χ2v) is 5.76. The van der Waals surface area contributed by atoms with Crippen molar-refractivity contribution in [1.82, 2.24) is 15.1 Å². The van der Waals surface area contributed by atoms with E-state index in [1.165, 1.54) is 11.3 Å². The van der Waals surface area contributed by atoms with Crippen molar-refractivity contribution >= 4 is 27.5 Å². The molecule has 3 nitrogen and oxygen atoms in total. The Morgan fingerprint density at radius 2 is 2.21 bits per heavy atom. The molecule has 0 saturated carbocycles. The Bertz CT molecular complexity index is 553. The van der Waals surface area contributed by atoms with Gasteiger partial charge in [0.2, 0.25) is 0 Å². The summed E-state index contributed by atoms with van der Waals surface area (Å²) in [5, 5.41) is 8.28. The maximum Gasteiger partial charge on any atom is 0.0551 e. The highest BCUT2D eigenvalue weighted by Gasteiger charge is 2.12. The summed E-state index contributed by atoms with van der Waals surface area (Å²) in [4.78, 5) is 0. The van der Waals surface area contributed by atoms with Crippen LogP contribution in [0.1, 0.15) is 23.7 Å². The van der Waals surface area contributed by atoms with E-state index in [9.17, 15) is 0 Å². The van der Waals surface area contributed by atoms with E-state index in [0.29, 0.717) is 6.04 Å². The molecule has 2 rings (SSSR count). The first-order chi connectivity index (χ1) is 9.11. The molecule has 0 radical (unpaired) electrons. The molecule has 1 heterocycles. The van der Waals surface area contributed by atoms with Crippen LogP contribution in [0.5, 0.6) is 0 Å². The third-order valence-corrected chi connectivity index (χ3v) is 4.54. The van der Waals surface area contributed by atoms with E-state index < -0.39 is 0 Å². The van der Waals surface area contributed by atoms with Crippen LogP contribution < -0.4 is 5.32 Å². The Morgan fingerprint density at radius 3 is 2.79 bits per heavy atom. The van der Waals surface area contributed by atoms with Crippen LogP contribution in [0.15, 0.2) is 34.9 Å². The van der Waals surface area contributed by atoms with Crippen molar-refractivity contribution in [1.29, 1.82) is 0 Å². The zero-order valence-electron chi connectivity index (χ0n) is 11.0. The summed E-state index contributed by atoms with van der Waals surface area (Å²) in [5.41, 5.74) is 2.45. The lowest BCUT2D eigenvalue weighted by Gasteiger charge is -2.17. The van der Waals surface area contributed by atoms with Crippen LogP contribution in [0.4, 0.5) is 0 Å². The molecular formula is C14H17BrClN3. The van der Waals surface area contributed by atoms with Crippen molar-refractivity contribution in [2.75, 3.05) is 7.05 Å². The summed E-state index contributed by atoms with van der Waals surface area (Å²) in [6.07, 6.45) is 3.82. The number of benzene rings is 1. The molecule has 1 aromatic heterocycles. The largest absolute Gasteiger partial charge is 0.313 e. The van der Waals surface area contributed by atoms with Gasteiger partial charge in [-0.2, -0.15) is 5.10 Å². The highest BCUT2D eigenvalue weighted by atomic mass is 79.9. The minimum atomic E-state index is 0.292. The Hall–Kier alpha value is -0.840. The number of nitrogens with zero attached hydrogens (tertiary/aromatic N) is 2. The predicted molar refractivity (Wildman–Crippen MR) is 82.5 cm³/mol. The molecule has 0 bridgehead atoms. The Morgan fingerprint density at radius 1 is 1.42 bits per heavy atom. The molecule has 1 aromatic carbocycles. The fourth-order valence-corrected chi connectivity index (χ4v) is 2.58. The number of halogens is 2. The normalized spacial score (nSPS) is 12.6. The van der Waals surface area contributed by atoms with E-state index in [-0.39, 0.29) is 0 Å². The molecular weight excluding hydrogens is 326 g/mol. The molecule has 0 aliphatic rings. The molecule has 0 aliphatic carbocycles. The van der Waals surface area contributed by atoms with Crippen molar-refractivity contribution in [2.45, 2.75) is 18.9 Å². The maximum absolute atomic E-state index is 6.15. The minimum absolute atomic E-state index is 0.292. The summed E-state index contributed by atoms with van der Waals surface area (Å²) >= 11 is 9.57. The maximum atomic E-state index is 6.15. The molecule has 19 heavy (non-hydrogen) atoms. The first-order valence-electron chi connectivity index (χ1n) is 6.21. The number of hydrogen-bond acceptors (Lipinski definition) is 2. The second kappa shape index (κ2) is 6.55. The van der Waals surface area contributed by atoms with Gasteiger partial charge in [0, 0.05) is 29.5 Å². The number of hydrogen-bond donors (Lipinski definition) is 1. The summed E-state index contributed by atoms with van der Waals surface area (Å²) in [6, 6.07) is 8.45. The van der Waals surface area contributed by atoms with E-state index in [0.717, 1.165) is 22.3 Å². The second-order valence-electron chi connectivity index (χ2n) is 4.50. The van der Waals surface area contributed by atoms with E-state index in [2.05, 4.69) is 38.5 Å². The fourth-order valence-electron chi connectivity index (χ4n) is 2.15. The Balaban J connectivity index is 2.07. The van der Waals surface area contributed by atoms with E-state index >= 15 is 0 Å². The van der Waals surface area contributed by atoms with Gasteiger partial charge in [0.25, 0.3) is 0 Å². The van der Waals surface area contributed by atoms with Gasteiger partial charge in [-0.3, -0.25) is 4.68 Å². The van der Waals surface area contributed by atoms with Crippen molar-refractivity contribution in [2.24, 2.45) is 7.05 Å². The molecule has 2 aromatic rings. The first kappa shape index (κ1) is 14.6. The predicted octanol–water partition coefficient (Wildman–Crippen LogP) is 3.73. The lowest BCUT2D eigenvalue weighted by molar-refractivity contribution is 0.535. The average Bonchev–Trinajstić information content (AvgIpc) is 2.80.